The Balaban J connectivity index is 2.20. The fourth-order valence-electron chi connectivity index (χ4n) is 1.66. The molecule has 0 atom stereocenters. The van der Waals surface area contributed by atoms with Crippen molar-refractivity contribution in [1.82, 2.24) is 9.97 Å². The van der Waals surface area contributed by atoms with Gasteiger partial charge in [-0.15, -0.1) is 0 Å². The zero-order chi connectivity index (χ0) is 15.2. The van der Waals surface area contributed by atoms with Crippen LogP contribution in [-0.4, -0.2) is 23.6 Å². The Morgan fingerprint density at radius 2 is 2.19 bits per heavy atom. The normalized spacial score (nSPS) is 10.3. The van der Waals surface area contributed by atoms with Gasteiger partial charge in [-0.1, -0.05) is 6.92 Å². The molecule has 0 radical (unpaired) electrons. The molecule has 2 N–H and O–H groups in total. The van der Waals surface area contributed by atoms with Crippen LogP contribution in [0.3, 0.4) is 0 Å². The van der Waals surface area contributed by atoms with Gasteiger partial charge in [0, 0.05) is 12.2 Å². The van der Waals surface area contributed by atoms with Gasteiger partial charge in [0.05, 0.1) is 17.8 Å². The molecular formula is C14H16BrFN4O. The number of halogens is 2. The standard InChI is InChI=1S/C14H16BrFN4O/c1-3-6-17-14-18-8-11(16)13(20-14)19-9-4-5-12(21-2)10(15)7-9/h4-5,7-8H,3,6H2,1-2H3,(H2,17,18,19,20). The van der Waals surface area contributed by atoms with Crippen molar-refractivity contribution in [2.24, 2.45) is 0 Å². The lowest BCUT2D eigenvalue weighted by Crippen LogP contribution is -2.07. The summed E-state index contributed by atoms with van der Waals surface area (Å²) < 4.78 is 19.7. The number of hydrogen-bond acceptors (Lipinski definition) is 5. The van der Waals surface area contributed by atoms with Crippen LogP contribution in [0.15, 0.2) is 28.9 Å². The predicted molar refractivity (Wildman–Crippen MR) is 84.7 cm³/mol. The summed E-state index contributed by atoms with van der Waals surface area (Å²) >= 11 is 3.38. The molecular weight excluding hydrogens is 339 g/mol. The van der Waals surface area contributed by atoms with Gasteiger partial charge >= 0.3 is 0 Å². The molecule has 7 heteroatoms. The minimum atomic E-state index is -0.510. The lowest BCUT2D eigenvalue weighted by atomic mass is 10.3. The van der Waals surface area contributed by atoms with Crippen molar-refractivity contribution in [3.8, 4) is 5.75 Å². The Bertz CT molecular complexity index is 624. The molecule has 2 aromatic rings. The predicted octanol–water partition coefficient (Wildman–Crippen LogP) is 3.95. The summed E-state index contributed by atoms with van der Waals surface area (Å²) in [6.45, 7) is 2.77. The zero-order valence-corrected chi connectivity index (χ0v) is 13.4. The van der Waals surface area contributed by atoms with E-state index in [4.69, 9.17) is 4.74 Å². The van der Waals surface area contributed by atoms with Gasteiger partial charge in [-0.05, 0) is 40.5 Å². The number of hydrogen-bond donors (Lipinski definition) is 2. The van der Waals surface area contributed by atoms with E-state index >= 15 is 0 Å². The summed E-state index contributed by atoms with van der Waals surface area (Å²) in [5.74, 6) is 0.715. The first-order valence-corrected chi connectivity index (χ1v) is 7.30. The average molecular weight is 355 g/mol. The van der Waals surface area contributed by atoms with Gasteiger partial charge in [0.15, 0.2) is 11.6 Å². The highest BCUT2D eigenvalue weighted by atomic mass is 79.9. The number of benzene rings is 1. The van der Waals surface area contributed by atoms with Gasteiger partial charge in [-0.25, -0.2) is 9.37 Å². The third-order valence-electron chi connectivity index (χ3n) is 2.69. The van der Waals surface area contributed by atoms with E-state index in [0.29, 0.717) is 17.4 Å². The lowest BCUT2D eigenvalue weighted by Gasteiger charge is -2.10. The van der Waals surface area contributed by atoms with Crippen LogP contribution in [0.5, 0.6) is 5.75 Å². The number of anilines is 3. The van der Waals surface area contributed by atoms with Crippen LogP contribution < -0.4 is 15.4 Å². The van der Waals surface area contributed by atoms with Crippen molar-refractivity contribution >= 4 is 33.4 Å². The summed E-state index contributed by atoms with van der Waals surface area (Å²) in [5.41, 5.74) is 0.696. The van der Waals surface area contributed by atoms with E-state index in [0.717, 1.165) is 23.6 Å². The number of nitrogens with one attached hydrogen (secondary N) is 2. The second-order valence-electron chi connectivity index (χ2n) is 4.29. The van der Waals surface area contributed by atoms with Gasteiger partial charge in [0.2, 0.25) is 5.95 Å². The van der Waals surface area contributed by atoms with E-state index in [9.17, 15) is 4.39 Å². The third kappa shape index (κ3) is 4.04. The van der Waals surface area contributed by atoms with Crippen molar-refractivity contribution in [2.45, 2.75) is 13.3 Å². The minimum absolute atomic E-state index is 0.126. The van der Waals surface area contributed by atoms with E-state index in [1.807, 2.05) is 6.92 Å². The number of methoxy groups -OCH3 is 1. The number of aromatic nitrogens is 2. The second kappa shape index (κ2) is 7.21. The Kier molecular flexibility index (Phi) is 5.32. The topological polar surface area (TPSA) is 59.1 Å². The number of nitrogens with zero attached hydrogens (tertiary/aromatic N) is 2. The van der Waals surface area contributed by atoms with Gasteiger partial charge in [-0.3, -0.25) is 0 Å². The lowest BCUT2D eigenvalue weighted by molar-refractivity contribution is 0.412. The summed E-state index contributed by atoms with van der Waals surface area (Å²) in [6, 6.07) is 5.35. The zero-order valence-electron chi connectivity index (χ0n) is 11.8. The van der Waals surface area contributed by atoms with Crippen molar-refractivity contribution in [3.63, 3.8) is 0 Å². The molecule has 0 aliphatic rings. The Hall–Kier alpha value is -1.89. The fourth-order valence-corrected chi connectivity index (χ4v) is 2.20. The van der Waals surface area contributed by atoms with Gasteiger partial charge in [-0.2, -0.15) is 4.98 Å². The molecule has 0 amide bonds. The SMILES string of the molecule is CCCNc1ncc(F)c(Nc2ccc(OC)c(Br)c2)n1. The molecule has 0 spiro atoms. The quantitative estimate of drug-likeness (QED) is 0.822. The molecule has 0 saturated carbocycles. The van der Waals surface area contributed by atoms with Gasteiger partial charge in [0.25, 0.3) is 0 Å². The van der Waals surface area contributed by atoms with E-state index in [2.05, 4.69) is 36.5 Å². The van der Waals surface area contributed by atoms with Crippen LogP contribution in [0, 0.1) is 5.82 Å². The molecule has 2 rings (SSSR count). The van der Waals surface area contributed by atoms with Crippen molar-refractivity contribution in [3.05, 3.63) is 34.7 Å². The highest BCUT2D eigenvalue weighted by Crippen LogP contribution is 2.29. The fraction of sp³-hybridized carbons (Fsp3) is 0.286. The Labute approximate surface area is 131 Å². The van der Waals surface area contributed by atoms with Gasteiger partial charge < -0.3 is 15.4 Å². The van der Waals surface area contributed by atoms with Gasteiger partial charge in [0.1, 0.15) is 5.75 Å². The average Bonchev–Trinajstić information content (AvgIpc) is 2.48. The maximum Gasteiger partial charge on any atom is 0.224 e. The van der Waals surface area contributed by atoms with Crippen LogP contribution >= 0.6 is 15.9 Å². The van der Waals surface area contributed by atoms with Crippen LogP contribution in [0.2, 0.25) is 0 Å². The molecule has 1 aromatic carbocycles. The molecule has 0 aliphatic carbocycles. The summed E-state index contributed by atoms with van der Waals surface area (Å²) in [4.78, 5) is 8.02. The molecule has 1 aromatic heterocycles. The maximum absolute atomic E-state index is 13.8. The molecule has 0 saturated heterocycles. The van der Waals surface area contributed by atoms with E-state index in [-0.39, 0.29) is 5.82 Å². The monoisotopic (exact) mass is 354 g/mol. The molecule has 1 heterocycles. The Morgan fingerprint density at radius 1 is 1.38 bits per heavy atom. The van der Waals surface area contributed by atoms with Crippen molar-refractivity contribution in [1.29, 1.82) is 0 Å². The molecule has 5 nitrogen and oxygen atoms in total. The first-order valence-electron chi connectivity index (χ1n) is 6.51. The second-order valence-corrected chi connectivity index (χ2v) is 5.15. The summed E-state index contributed by atoms with van der Waals surface area (Å²) in [5, 5.41) is 5.95. The summed E-state index contributed by atoms with van der Waals surface area (Å²) in [7, 11) is 1.59. The van der Waals surface area contributed by atoms with Crippen molar-refractivity contribution < 1.29 is 9.13 Å². The van der Waals surface area contributed by atoms with Crippen LogP contribution in [0.1, 0.15) is 13.3 Å². The van der Waals surface area contributed by atoms with Crippen LogP contribution in [0.25, 0.3) is 0 Å². The van der Waals surface area contributed by atoms with Crippen LogP contribution in [-0.2, 0) is 0 Å². The number of rotatable bonds is 6. The minimum Gasteiger partial charge on any atom is -0.496 e. The largest absolute Gasteiger partial charge is 0.496 e. The third-order valence-corrected chi connectivity index (χ3v) is 3.31. The van der Waals surface area contributed by atoms with Crippen LogP contribution in [0.4, 0.5) is 21.8 Å². The van der Waals surface area contributed by atoms with E-state index < -0.39 is 5.82 Å². The maximum atomic E-state index is 13.8. The first kappa shape index (κ1) is 15.5. The summed E-state index contributed by atoms with van der Waals surface area (Å²) in [6.07, 6.45) is 2.08. The molecule has 21 heavy (non-hydrogen) atoms. The molecule has 0 bridgehead atoms. The Morgan fingerprint density at radius 3 is 2.86 bits per heavy atom. The number of ether oxygens (including phenoxy) is 1. The first-order chi connectivity index (χ1) is 10.1. The molecule has 0 fully saturated rings. The highest BCUT2D eigenvalue weighted by molar-refractivity contribution is 9.10. The van der Waals surface area contributed by atoms with E-state index in [1.54, 1.807) is 25.3 Å². The molecule has 112 valence electrons. The van der Waals surface area contributed by atoms with Crippen molar-refractivity contribution in [2.75, 3.05) is 24.3 Å². The smallest absolute Gasteiger partial charge is 0.224 e. The van der Waals surface area contributed by atoms with E-state index in [1.165, 1.54) is 0 Å². The molecule has 0 unspecified atom stereocenters. The molecule has 0 aliphatic heterocycles. The highest BCUT2D eigenvalue weighted by Gasteiger charge is 2.08.